The van der Waals surface area contributed by atoms with Gasteiger partial charge in [-0.15, -0.1) is 0 Å². The molecule has 0 fully saturated rings. The molecular weight excluding hydrogens is 268 g/mol. The minimum Gasteiger partial charge on any atom is -0.325 e. The number of aryl methyl sites for hydroxylation is 3. The summed E-state index contributed by atoms with van der Waals surface area (Å²) in [5.74, 6) is 0.319. The zero-order valence-corrected chi connectivity index (χ0v) is 12.5. The lowest BCUT2D eigenvalue weighted by Gasteiger charge is -2.15. The second-order valence-corrected chi connectivity index (χ2v) is 5.22. The lowest BCUT2D eigenvalue weighted by Crippen LogP contribution is -2.36. The van der Waals surface area contributed by atoms with Gasteiger partial charge in [-0.25, -0.2) is 9.78 Å². The van der Waals surface area contributed by atoms with Gasteiger partial charge in [0.25, 0.3) is 5.56 Å². The third-order valence-electron chi connectivity index (χ3n) is 3.93. The quantitative estimate of drug-likeness (QED) is 0.625. The van der Waals surface area contributed by atoms with Gasteiger partial charge in [0, 0.05) is 14.1 Å². The van der Waals surface area contributed by atoms with Crippen LogP contribution < -0.4 is 11.2 Å². The van der Waals surface area contributed by atoms with Crippen LogP contribution in [-0.4, -0.2) is 19.1 Å². The number of hydrogen-bond acceptors (Lipinski definition) is 4. The topological polar surface area (TPSA) is 69.8 Å². The summed E-state index contributed by atoms with van der Waals surface area (Å²) in [6, 6.07) is 4.01. The van der Waals surface area contributed by atoms with E-state index in [0.29, 0.717) is 5.82 Å². The molecule has 0 aromatic heterocycles. The predicted octanol–water partition coefficient (Wildman–Crippen LogP) is 1.00. The Kier molecular flexibility index (Phi) is 2.90. The molecule has 1 aromatic rings. The molecule has 0 N–H and O–H groups in total. The molecule has 0 spiro atoms. The van der Waals surface area contributed by atoms with Crippen LogP contribution in [0.3, 0.4) is 0 Å². The van der Waals surface area contributed by atoms with Crippen LogP contribution >= 0.6 is 0 Å². The second-order valence-electron chi connectivity index (χ2n) is 5.22. The molecule has 2 aliphatic rings. The highest BCUT2D eigenvalue weighted by molar-refractivity contribution is 5.80. The minimum absolute atomic E-state index is 0.220. The van der Waals surface area contributed by atoms with Crippen molar-refractivity contribution < 1.29 is 0 Å². The highest BCUT2D eigenvalue weighted by atomic mass is 16.2. The van der Waals surface area contributed by atoms with Crippen molar-refractivity contribution in [3.8, 4) is 11.5 Å². The molecule has 0 atom stereocenters. The van der Waals surface area contributed by atoms with Gasteiger partial charge in [-0.3, -0.25) is 9.36 Å². The van der Waals surface area contributed by atoms with Crippen molar-refractivity contribution in [2.45, 2.75) is 20.3 Å². The molecule has 21 heavy (non-hydrogen) atoms. The normalized spacial score (nSPS) is 11.4. The van der Waals surface area contributed by atoms with Crippen LogP contribution in [0.2, 0.25) is 0 Å². The first kappa shape index (κ1) is 13.5. The van der Waals surface area contributed by atoms with Crippen molar-refractivity contribution in [2.24, 2.45) is 14.1 Å². The fraction of sp³-hybridized carbons (Fsp3) is 0.333. The Morgan fingerprint density at radius 2 is 1.81 bits per heavy atom. The predicted molar refractivity (Wildman–Crippen MR) is 80.8 cm³/mol. The van der Waals surface area contributed by atoms with Gasteiger partial charge in [-0.2, -0.15) is 4.98 Å². The van der Waals surface area contributed by atoms with Crippen LogP contribution in [0.5, 0.6) is 0 Å². The molecule has 0 aliphatic carbocycles. The Bertz CT molecular complexity index is 953. The van der Waals surface area contributed by atoms with Crippen LogP contribution in [-0.2, 0) is 20.5 Å². The zero-order chi connectivity index (χ0) is 15.3. The SMILES string of the molecule is CCc1cc2nc3c(=O)n(C)c(=O)nc-3n(C)c2cc1C. The van der Waals surface area contributed by atoms with Crippen molar-refractivity contribution in [3.05, 3.63) is 44.1 Å². The average Bonchev–Trinajstić information content (AvgIpc) is 2.47. The summed E-state index contributed by atoms with van der Waals surface area (Å²) in [5.41, 5.74) is 3.19. The van der Waals surface area contributed by atoms with E-state index in [0.717, 1.165) is 27.6 Å². The zero-order valence-electron chi connectivity index (χ0n) is 12.5. The minimum atomic E-state index is -0.564. The third kappa shape index (κ3) is 1.86. The number of rotatable bonds is 1. The van der Waals surface area contributed by atoms with Crippen LogP contribution in [0.4, 0.5) is 0 Å². The Labute approximate surface area is 121 Å². The molecule has 6 nitrogen and oxygen atoms in total. The average molecular weight is 284 g/mol. The Morgan fingerprint density at radius 3 is 2.48 bits per heavy atom. The summed E-state index contributed by atoms with van der Waals surface area (Å²) in [5, 5.41) is 0. The number of fused-ring (bicyclic) bond motifs is 2. The molecule has 0 amide bonds. The number of nitrogens with zero attached hydrogens (tertiary/aromatic N) is 4. The molecule has 1 aromatic carbocycles. The Morgan fingerprint density at radius 1 is 1.10 bits per heavy atom. The van der Waals surface area contributed by atoms with Gasteiger partial charge in [0.15, 0.2) is 11.5 Å². The first-order valence-corrected chi connectivity index (χ1v) is 6.81. The van der Waals surface area contributed by atoms with Gasteiger partial charge >= 0.3 is 5.69 Å². The van der Waals surface area contributed by atoms with E-state index < -0.39 is 11.2 Å². The fourth-order valence-corrected chi connectivity index (χ4v) is 2.59. The maximum Gasteiger partial charge on any atom is 0.352 e. The van der Waals surface area contributed by atoms with E-state index in [9.17, 15) is 9.59 Å². The lowest BCUT2D eigenvalue weighted by molar-refractivity contribution is 0.748. The molecule has 0 bridgehead atoms. The van der Waals surface area contributed by atoms with Gasteiger partial charge in [-0.05, 0) is 36.6 Å². The summed E-state index contributed by atoms with van der Waals surface area (Å²) >= 11 is 0. The first-order chi connectivity index (χ1) is 9.93. The molecule has 2 aliphatic heterocycles. The van der Waals surface area contributed by atoms with Crippen LogP contribution in [0, 0.1) is 6.92 Å². The summed E-state index contributed by atoms with van der Waals surface area (Å²) in [6.07, 6.45) is 0.904. The maximum absolute atomic E-state index is 12.2. The first-order valence-electron chi connectivity index (χ1n) is 6.81. The monoisotopic (exact) mass is 284 g/mol. The summed E-state index contributed by atoms with van der Waals surface area (Å²) < 4.78 is 2.74. The van der Waals surface area contributed by atoms with Gasteiger partial charge in [-0.1, -0.05) is 6.92 Å². The molecule has 6 heteroatoms. The van der Waals surface area contributed by atoms with Crippen LogP contribution in [0.15, 0.2) is 21.7 Å². The summed E-state index contributed by atoms with van der Waals surface area (Å²) in [6.45, 7) is 4.12. The third-order valence-corrected chi connectivity index (χ3v) is 3.93. The van der Waals surface area contributed by atoms with E-state index in [1.165, 1.54) is 12.6 Å². The van der Waals surface area contributed by atoms with E-state index in [1.54, 1.807) is 11.6 Å². The van der Waals surface area contributed by atoms with Crippen LogP contribution in [0.25, 0.3) is 22.6 Å². The molecule has 0 saturated heterocycles. The van der Waals surface area contributed by atoms with Gasteiger partial charge < -0.3 is 4.57 Å². The van der Waals surface area contributed by atoms with E-state index in [4.69, 9.17) is 0 Å². The van der Waals surface area contributed by atoms with E-state index in [1.807, 2.05) is 19.1 Å². The number of aromatic nitrogens is 4. The highest BCUT2D eigenvalue weighted by Crippen LogP contribution is 2.23. The smallest absolute Gasteiger partial charge is 0.325 e. The molecule has 2 heterocycles. The fourth-order valence-electron chi connectivity index (χ4n) is 2.59. The molecule has 108 valence electrons. The standard InChI is InChI=1S/C15H16N4O2/c1-5-9-7-10-11(6-8(9)2)18(3)13-12(16-10)14(20)19(4)15(21)17-13/h6-7H,5H2,1-4H3. The highest BCUT2D eigenvalue weighted by Gasteiger charge is 2.19. The van der Waals surface area contributed by atoms with Crippen molar-refractivity contribution >= 4 is 11.0 Å². The molecule has 0 saturated carbocycles. The van der Waals surface area contributed by atoms with Crippen molar-refractivity contribution in [1.29, 1.82) is 0 Å². The molecule has 0 unspecified atom stereocenters. The lowest BCUT2D eigenvalue weighted by atomic mass is 10.0. The number of hydrogen-bond donors (Lipinski definition) is 0. The Hall–Kier alpha value is -2.50. The van der Waals surface area contributed by atoms with Gasteiger partial charge in [0.05, 0.1) is 11.0 Å². The summed E-state index contributed by atoms with van der Waals surface area (Å²) in [4.78, 5) is 32.3. The van der Waals surface area contributed by atoms with Gasteiger partial charge in [0.1, 0.15) is 0 Å². The van der Waals surface area contributed by atoms with Crippen molar-refractivity contribution in [2.75, 3.05) is 0 Å². The largest absolute Gasteiger partial charge is 0.352 e. The molecule has 3 rings (SSSR count). The van der Waals surface area contributed by atoms with Gasteiger partial charge in [0.2, 0.25) is 0 Å². The van der Waals surface area contributed by atoms with Crippen molar-refractivity contribution in [1.82, 2.24) is 19.1 Å². The second kappa shape index (κ2) is 4.51. The van der Waals surface area contributed by atoms with E-state index in [2.05, 4.69) is 16.9 Å². The van der Waals surface area contributed by atoms with E-state index >= 15 is 0 Å². The molecular formula is C15H16N4O2. The molecule has 0 radical (unpaired) electrons. The van der Waals surface area contributed by atoms with E-state index in [-0.39, 0.29) is 5.69 Å². The summed E-state index contributed by atoms with van der Waals surface area (Å²) in [7, 11) is 3.21. The van der Waals surface area contributed by atoms with Crippen molar-refractivity contribution in [3.63, 3.8) is 0 Å². The van der Waals surface area contributed by atoms with Crippen LogP contribution in [0.1, 0.15) is 18.1 Å². The Balaban J connectivity index is 2.56. The number of benzene rings is 1. The maximum atomic E-state index is 12.2.